The molecule has 7 nitrogen and oxygen atoms in total. The molecule has 1 N–H and O–H groups in total. The van der Waals surface area contributed by atoms with Gasteiger partial charge in [-0.3, -0.25) is 0 Å². The Morgan fingerprint density at radius 2 is 1.66 bits per heavy atom. The van der Waals surface area contributed by atoms with Crippen LogP contribution in [0, 0.1) is 6.92 Å². The van der Waals surface area contributed by atoms with Crippen molar-refractivity contribution in [2.45, 2.75) is 31.1 Å². The molecule has 0 saturated carbocycles. The number of hydrogen-bond donors (Lipinski definition) is 1. The average molecular weight is 545 g/mol. The number of benzene rings is 3. The SMILES string of the molecule is COc1ccc(CN(C)S(=O)(=O)c2ccc(NCc3ccc(C(F)(F)F)cc3)c(-n3cc(C)cn3)c2)cc1. The third-order valence-electron chi connectivity index (χ3n) is 5.96. The molecule has 0 aliphatic carbocycles. The maximum Gasteiger partial charge on any atom is 0.416 e. The monoisotopic (exact) mass is 544 g/mol. The van der Waals surface area contributed by atoms with Crippen LogP contribution in [0.15, 0.2) is 84.0 Å². The minimum atomic E-state index is -4.40. The Hall–Kier alpha value is -3.83. The molecule has 0 aliphatic heterocycles. The average Bonchev–Trinajstić information content (AvgIpc) is 3.33. The number of ether oxygens (including phenoxy) is 1. The molecule has 0 radical (unpaired) electrons. The predicted molar refractivity (Wildman–Crippen MR) is 139 cm³/mol. The van der Waals surface area contributed by atoms with Crippen LogP contribution >= 0.6 is 0 Å². The zero-order chi connectivity index (χ0) is 27.5. The lowest BCUT2D eigenvalue weighted by Crippen LogP contribution is -2.26. The Morgan fingerprint density at radius 3 is 2.24 bits per heavy atom. The molecule has 3 aromatic carbocycles. The minimum absolute atomic E-state index is 0.0803. The minimum Gasteiger partial charge on any atom is -0.497 e. The van der Waals surface area contributed by atoms with Gasteiger partial charge in [-0.25, -0.2) is 13.1 Å². The van der Waals surface area contributed by atoms with E-state index in [9.17, 15) is 21.6 Å². The van der Waals surface area contributed by atoms with Gasteiger partial charge < -0.3 is 10.1 Å². The Morgan fingerprint density at radius 1 is 1.00 bits per heavy atom. The van der Waals surface area contributed by atoms with Gasteiger partial charge in [0.2, 0.25) is 10.0 Å². The number of aromatic nitrogens is 2. The molecular formula is C27H27F3N4O3S. The van der Waals surface area contributed by atoms with E-state index in [1.54, 1.807) is 54.5 Å². The van der Waals surface area contributed by atoms with Crippen LogP contribution in [0.5, 0.6) is 5.75 Å². The summed E-state index contributed by atoms with van der Waals surface area (Å²) in [4.78, 5) is 0.0803. The Kier molecular flexibility index (Phi) is 7.79. The number of rotatable bonds is 9. The fraction of sp³-hybridized carbons (Fsp3) is 0.222. The number of halogens is 3. The van der Waals surface area contributed by atoms with Gasteiger partial charge in [0.25, 0.3) is 0 Å². The Labute approximate surface area is 219 Å². The van der Waals surface area contributed by atoms with Crippen molar-refractivity contribution in [3.63, 3.8) is 0 Å². The van der Waals surface area contributed by atoms with Gasteiger partial charge in [-0.15, -0.1) is 0 Å². The molecule has 1 aromatic heterocycles. The summed E-state index contributed by atoms with van der Waals surface area (Å²) in [5.74, 6) is 0.679. The van der Waals surface area contributed by atoms with Gasteiger partial charge in [-0.05, 0) is 66.1 Å². The number of anilines is 1. The second-order valence-electron chi connectivity index (χ2n) is 8.80. The van der Waals surface area contributed by atoms with E-state index in [0.717, 1.165) is 23.3 Å². The molecule has 0 unspecified atom stereocenters. The van der Waals surface area contributed by atoms with Crippen LogP contribution in [0.25, 0.3) is 5.69 Å². The van der Waals surface area contributed by atoms with Crippen molar-refractivity contribution in [2.24, 2.45) is 0 Å². The molecule has 0 bridgehead atoms. The number of nitrogens with one attached hydrogen (secondary N) is 1. The predicted octanol–water partition coefficient (Wildman–Crippen LogP) is 5.64. The first-order chi connectivity index (χ1) is 18.0. The molecule has 0 saturated heterocycles. The third kappa shape index (κ3) is 6.17. The van der Waals surface area contributed by atoms with Crippen LogP contribution < -0.4 is 10.1 Å². The maximum absolute atomic E-state index is 13.4. The molecular weight excluding hydrogens is 517 g/mol. The molecule has 0 amide bonds. The van der Waals surface area contributed by atoms with Gasteiger partial charge in [0.05, 0.1) is 35.1 Å². The van der Waals surface area contributed by atoms with Gasteiger partial charge in [-0.2, -0.15) is 22.6 Å². The highest BCUT2D eigenvalue weighted by molar-refractivity contribution is 7.89. The van der Waals surface area contributed by atoms with Crippen LogP contribution in [0.3, 0.4) is 0 Å². The fourth-order valence-electron chi connectivity index (χ4n) is 3.82. The summed E-state index contributed by atoms with van der Waals surface area (Å²) in [6.45, 7) is 2.26. The summed E-state index contributed by atoms with van der Waals surface area (Å²) < 4.78 is 73.4. The number of aryl methyl sites for hydroxylation is 1. The molecule has 38 heavy (non-hydrogen) atoms. The highest BCUT2D eigenvalue weighted by atomic mass is 32.2. The lowest BCUT2D eigenvalue weighted by Gasteiger charge is -2.19. The van der Waals surface area contributed by atoms with Crippen LogP contribution in [0.2, 0.25) is 0 Å². The first-order valence-corrected chi connectivity index (χ1v) is 13.1. The number of sulfonamides is 1. The van der Waals surface area contributed by atoms with Gasteiger partial charge >= 0.3 is 6.18 Å². The molecule has 4 rings (SSSR count). The summed E-state index contributed by atoms with van der Waals surface area (Å²) in [7, 11) is -0.783. The maximum atomic E-state index is 13.4. The first-order valence-electron chi connectivity index (χ1n) is 11.6. The summed E-state index contributed by atoms with van der Waals surface area (Å²) in [5.41, 5.74) is 2.66. The van der Waals surface area contributed by atoms with E-state index in [0.29, 0.717) is 22.7 Å². The lowest BCUT2D eigenvalue weighted by atomic mass is 10.1. The lowest BCUT2D eigenvalue weighted by molar-refractivity contribution is -0.137. The second-order valence-corrected chi connectivity index (χ2v) is 10.8. The van der Waals surface area contributed by atoms with Crippen molar-refractivity contribution in [2.75, 3.05) is 19.5 Å². The number of hydrogen-bond acceptors (Lipinski definition) is 5. The molecule has 0 atom stereocenters. The molecule has 200 valence electrons. The number of methoxy groups -OCH3 is 1. The van der Waals surface area contributed by atoms with Gasteiger partial charge in [0.15, 0.2) is 0 Å². The molecule has 0 spiro atoms. The number of alkyl halides is 3. The van der Waals surface area contributed by atoms with E-state index in [-0.39, 0.29) is 18.0 Å². The smallest absolute Gasteiger partial charge is 0.416 e. The molecule has 1 heterocycles. The van der Waals surface area contributed by atoms with E-state index in [1.165, 1.54) is 35.6 Å². The molecule has 0 fully saturated rings. The van der Waals surface area contributed by atoms with Crippen molar-refractivity contribution in [3.8, 4) is 11.4 Å². The summed E-state index contributed by atoms with van der Waals surface area (Å²) >= 11 is 0. The zero-order valence-electron chi connectivity index (χ0n) is 21.0. The van der Waals surface area contributed by atoms with Crippen LogP contribution in [-0.4, -0.2) is 36.7 Å². The van der Waals surface area contributed by atoms with E-state index < -0.39 is 21.8 Å². The van der Waals surface area contributed by atoms with Crippen LogP contribution in [0.4, 0.5) is 18.9 Å². The molecule has 11 heteroatoms. The van der Waals surface area contributed by atoms with Crippen LogP contribution in [0.1, 0.15) is 22.3 Å². The summed E-state index contributed by atoms with van der Waals surface area (Å²) in [6, 6.07) is 16.7. The Bertz CT molecular complexity index is 1500. The quantitative estimate of drug-likeness (QED) is 0.295. The largest absolute Gasteiger partial charge is 0.497 e. The van der Waals surface area contributed by atoms with E-state index in [1.807, 2.05) is 6.92 Å². The van der Waals surface area contributed by atoms with Gasteiger partial charge in [0.1, 0.15) is 5.75 Å². The van der Waals surface area contributed by atoms with Crippen molar-refractivity contribution in [1.82, 2.24) is 14.1 Å². The zero-order valence-corrected chi connectivity index (χ0v) is 21.8. The third-order valence-corrected chi connectivity index (χ3v) is 7.76. The second kappa shape index (κ2) is 10.9. The Balaban J connectivity index is 1.59. The van der Waals surface area contributed by atoms with E-state index in [4.69, 9.17) is 4.74 Å². The number of nitrogens with zero attached hydrogens (tertiary/aromatic N) is 3. The standard InChI is InChI=1S/C27H27F3N4O3S/c1-19-15-32-34(17-19)26-14-24(38(35,36)33(2)18-21-6-10-23(37-3)11-7-21)12-13-25(26)31-16-20-4-8-22(9-5-20)27(28,29)30/h4-15,17,31H,16,18H2,1-3H3. The van der Waals surface area contributed by atoms with Crippen molar-refractivity contribution < 1.29 is 26.3 Å². The van der Waals surface area contributed by atoms with Gasteiger partial charge in [-0.1, -0.05) is 24.3 Å². The normalized spacial score (nSPS) is 12.1. The summed E-state index contributed by atoms with van der Waals surface area (Å²) in [6.07, 6.45) is -0.994. The first kappa shape index (κ1) is 27.2. The topological polar surface area (TPSA) is 76.5 Å². The van der Waals surface area contributed by atoms with E-state index >= 15 is 0 Å². The molecule has 0 aliphatic rings. The van der Waals surface area contributed by atoms with Crippen LogP contribution in [-0.2, 0) is 29.3 Å². The van der Waals surface area contributed by atoms with Crippen molar-refractivity contribution in [1.29, 1.82) is 0 Å². The fourth-order valence-corrected chi connectivity index (χ4v) is 5.00. The highest BCUT2D eigenvalue weighted by Gasteiger charge is 2.30. The van der Waals surface area contributed by atoms with E-state index in [2.05, 4.69) is 10.4 Å². The van der Waals surface area contributed by atoms with Gasteiger partial charge in [0, 0.05) is 26.3 Å². The van der Waals surface area contributed by atoms with Crippen molar-refractivity contribution >= 4 is 15.7 Å². The highest BCUT2D eigenvalue weighted by Crippen LogP contribution is 2.30. The van der Waals surface area contributed by atoms with Crippen molar-refractivity contribution in [3.05, 3.63) is 101 Å². The molecule has 4 aromatic rings. The summed E-state index contributed by atoms with van der Waals surface area (Å²) in [5, 5.41) is 7.52.